The molecule has 0 bridgehead atoms. The minimum atomic E-state index is -0.978. The number of aromatic amines is 1. The van der Waals surface area contributed by atoms with Crippen molar-refractivity contribution in [3.05, 3.63) is 18.2 Å². The number of aliphatic carboxylic acids is 1. The first-order valence-electron chi connectivity index (χ1n) is 5.25. The summed E-state index contributed by atoms with van der Waals surface area (Å²) in [5, 5.41) is 8.48. The molecule has 0 amide bonds. The number of nitrogens with two attached hydrogens (primary N) is 2. The fraction of sp³-hybridized carbons (Fsp3) is 0.500. The lowest BCUT2D eigenvalue weighted by molar-refractivity contribution is -0.137. The summed E-state index contributed by atoms with van der Waals surface area (Å²) in [6.07, 6.45) is 3.40. The van der Waals surface area contributed by atoms with E-state index in [1.807, 2.05) is 0 Å². The fourth-order valence-electron chi connectivity index (χ4n) is 1.42. The largest absolute Gasteiger partial charge is 0.481 e. The van der Waals surface area contributed by atoms with E-state index in [1.54, 1.807) is 6.20 Å². The predicted octanol–water partition coefficient (Wildman–Crippen LogP) is -0.959. The van der Waals surface area contributed by atoms with Crippen molar-refractivity contribution in [1.29, 1.82) is 0 Å². The second-order valence-corrected chi connectivity index (χ2v) is 3.81. The molecule has 0 saturated heterocycles. The summed E-state index contributed by atoms with van der Waals surface area (Å²) in [7, 11) is 0. The maximum atomic E-state index is 11.7. The highest BCUT2D eigenvalue weighted by atomic mass is 16.4. The third kappa shape index (κ3) is 4.33. The molecule has 17 heavy (non-hydrogen) atoms. The molecule has 0 aliphatic carbocycles. The predicted molar refractivity (Wildman–Crippen MR) is 60.1 cm³/mol. The lowest BCUT2D eigenvalue weighted by Crippen LogP contribution is -2.44. The molecule has 7 nitrogen and oxygen atoms in total. The van der Waals surface area contributed by atoms with Crippen LogP contribution in [0.2, 0.25) is 0 Å². The molecule has 1 aromatic rings. The molecule has 1 aromatic heterocycles. The Morgan fingerprint density at radius 1 is 1.41 bits per heavy atom. The van der Waals surface area contributed by atoms with Gasteiger partial charge < -0.3 is 21.6 Å². The van der Waals surface area contributed by atoms with Crippen molar-refractivity contribution in [2.24, 2.45) is 11.5 Å². The van der Waals surface area contributed by atoms with Gasteiger partial charge in [0.2, 0.25) is 0 Å². The number of carbonyl (C=O) groups is 2. The van der Waals surface area contributed by atoms with Gasteiger partial charge in [0.25, 0.3) is 0 Å². The van der Waals surface area contributed by atoms with E-state index in [2.05, 4.69) is 9.97 Å². The lowest BCUT2D eigenvalue weighted by Gasteiger charge is -2.14. The number of carbonyl (C=O) groups excluding carboxylic acids is 1. The normalized spacial score (nSPS) is 14.2. The molecule has 7 heteroatoms. The van der Waals surface area contributed by atoms with Gasteiger partial charge in [0.05, 0.1) is 24.1 Å². The molecule has 1 unspecified atom stereocenters. The van der Waals surface area contributed by atoms with E-state index < -0.39 is 18.1 Å². The standard InChI is InChI=1S/C10H16N4O3/c11-7(1-2-9(15)16)10(17)8(12)3-6-4-13-5-14-6/h4-5,7-8H,1-3,11-12H2,(H,13,14)(H,15,16)/t7-,8?/m0/s1. The van der Waals surface area contributed by atoms with Crippen LogP contribution in [0.1, 0.15) is 18.5 Å². The van der Waals surface area contributed by atoms with Gasteiger partial charge in [0.1, 0.15) is 0 Å². The first kappa shape index (κ1) is 13.3. The monoisotopic (exact) mass is 240 g/mol. The van der Waals surface area contributed by atoms with Crippen LogP contribution in [0.5, 0.6) is 0 Å². The van der Waals surface area contributed by atoms with Crippen molar-refractivity contribution in [2.45, 2.75) is 31.3 Å². The summed E-state index contributed by atoms with van der Waals surface area (Å²) in [6, 6.07) is -1.58. The Labute approximate surface area is 98.2 Å². The lowest BCUT2D eigenvalue weighted by atomic mass is 9.99. The molecule has 94 valence electrons. The summed E-state index contributed by atoms with van der Waals surface area (Å²) >= 11 is 0. The van der Waals surface area contributed by atoms with Crippen LogP contribution in [0.15, 0.2) is 12.5 Å². The minimum absolute atomic E-state index is 0.0996. The molecule has 6 N–H and O–H groups in total. The Kier molecular flexibility index (Phi) is 4.80. The van der Waals surface area contributed by atoms with Crippen molar-refractivity contribution in [1.82, 2.24) is 9.97 Å². The van der Waals surface area contributed by atoms with Gasteiger partial charge in [0.15, 0.2) is 5.78 Å². The Morgan fingerprint density at radius 2 is 2.12 bits per heavy atom. The number of ketones is 1. The zero-order chi connectivity index (χ0) is 12.8. The highest BCUT2D eigenvalue weighted by Gasteiger charge is 2.22. The van der Waals surface area contributed by atoms with Crippen molar-refractivity contribution < 1.29 is 14.7 Å². The third-order valence-corrected chi connectivity index (χ3v) is 2.38. The second-order valence-electron chi connectivity index (χ2n) is 3.81. The third-order valence-electron chi connectivity index (χ3n) is 2.38. The summed E-state index contributed by atoms with van der Waals surface area (Å²) in [6.45, 7) is 0. The average molecular weight is 240 g/mol. The van der Waals surface area contributed by atoms with Crippen molar-refractivity contribution >= 4 is 11.8 Å². The summed E-state index contributed by atoms with van der Waals surface area (Å²) in [4.78, 5) is 28.7. The van der Waals surface area contributed by atoms with Crippen LogP contribution in [-0.2, 0) is 16.0 Å². The zero-order valence-corrected chi connectivity index (χ0v) is 9.30. The number of hydrogen-bond acceptors (Lipinski definition) is 5. The van der Waals surface area contributed by atoms with Crippen molar-refractivity contribution in [3.63, 3.8) is 0 Å². The number of rotatable bonds is 7. The van der Waals surface area contributed by atoms with Crippen LogP contribution in [0.3, 0.4) is 0 Å². The number of hydrogen-bond donors (Lipinski definition) is 4. The van der Waals surface area contributed by atoms with E-state index >= 15 is 0 Å². The van der Waals surface area contributed by atoms with Gasteiger partial charge in [-0.3, -0.25) is 9.59 Å². The van der Waals surface area contributed by atoms with Gasteiger partial charge >= 0.3 is 5.97 Å². The summed E-state index contributed by atoms with van der Waals surface area (Å²) in [5.41, 5.74) is 11.9. The molecule has 0 aromatic carbocycles. The Hall–Kier alpha value is -1.73. The van der Waals surface area contributed by atoms with Gasteiger partial charge in [-0.2, -0.15) is 0 Å². The molecule has 0 fully saturated rings. The topological polar surface area (TPSA) is 135 Å². The number of carboxylic acid groups (broad SMARTS) is 1. The molecule has 0 aliphatic heterocycles. The van der Waals surface area contributed by atoms with Gasteiger partial charge in [-0.1, -0.05) is 0 Å². The Bertz CT molecular complexity index is 377. The molecule has 1 heterocycles. The highest BCUT2D eigenvalue weighted by molar-refractivity contribution is 5.89. The van der Waals surface area contributed by atoms with Crippen LogP contribution in [0.25, 0.3) is 0 Å². The summed E-state index contributed by atoms with van der Waals surface area (Å²) in [5.74, 6) is -1.32. The van der Waals surface area contributed by atoms with Gasteiger partial charge in [0, 0.05) is 19.0 Å². The van der Waals surface area contributed by atoms with E-state index in [-0.39, 0.29) is 18.6 Å². The molecular formula is C10H16N4O3. The van der Waals surface area contributed by atoms with Crippen LogP contribution in [-0.4, -0.2) is 38.9 Å². The number of nitrogens with zero attached hydrogens (tertiary/aromatic N) is 1. The van der Waals surface area contributed by atoms with Crippen molar-refractivity contribution in [3.8, 4) is 0 Å². The zero-order valence-electron chi connectivity index (χ0n) is 9.30. The molecule has 0 radical (unpaired) electrons. The first-order valence-corrected chi connectivity index (χ1v) is 5.25. The Balaban J connectivity index is 2.42. The molecule has 1 rings (SSSR count). The first-order chi connectivity index (χ1) is 8.00. The smallest absolute Gasteiger partial charge is 0.303 e. The average Bonchev–Trinajstić information content (AvgIpc) is 2.77. The molecular weight excluding hydrogens is 224 g/mol. The SMILES string of the molecule is NC(Cc1c[nH]cn1)C(=O)[C@@H](N)CCC(=O)O. The number of imidazole rings is 1. The van der Waals surface area contributed by atoms with Gasteiger partial charge in [-0.25, -0.2) is 4.98 Å². The fourth-order valence-corrected chi connectivity index (χ4v) is 1.42. The van der Waals surface area contributed by atoms with Crippen molar-refractivity contribution in [2.75, 3.05) is 0 Å². The number of nitrogens with one attached hydrogen (secondary N) is 1. The van der Waals surface area contributed by atoms with E-state index in [0.29, 0.717) is 12.1 Å². The quantitative estimate of drug-likeness (QED) is 0.484. The van der Waals surface area contributed by atoms with Crippen LogP contribution in [0, 0.1) is 0 Å². The Morgan fingerprint density at radius 3 is 2.65 bits per heavy atom. The summed E-state index contributed by atoms with van der Waals surface area (Å²) < 4.78 is 0. The van der Waals surface area contributed by atoms with E-state index in [9.17, 15) is 9.59 Å². The molecule has 0 spiro atoms. The number of Topliss-reactive ketones (excluding diaryl/α,β-unsaturated/α-hetero) is 1. The van der Waals surface area contributed by atoms with Crippen LogP contribution >= 0.6 is 0 Å². The molecule has 2 atom stereocenters. The van der Waals surface area contributed by atoms with E-state index in [4.69, 9.17) is 16.6 Å². The van der Waals surface area contributed by atoms with Crippen LogP contribution < -0.4 is 11.5 Å². The second kappa shape index (κ2) is 6.12. The highest BCUT2D eigenvalue weighted by Crippen LogP contribution is 2.03. The maximum absolute atomic E-state index is 11.7. The van der Waals surface area contributed by atoms with Gasteiger partial charge in [-0.15, -0.1) is 0 Å². The van der Waals surface area contributed by atoms with Gasteiger partial charge in [-0.05, 0) is 6.42 Å². The van der Waals surface area contributed by atoms with Crippen LogP contribution in [0.4, 0.5) is 0 Å². The number of H-pyrrole nitrogens is 1. The number of carboxylic acids is 1. The molecule has 0 aliphatic rings. The number of aromatic nitrogens is 2. The maximum Gasteiger partial charge on any atom is 0.303 e. The minimum Gasteiger partial charge on any atom is -0.481 e. The molecule has 0 saturated carbocycles. The van der Waals surface area contributed by atoms with E-state index in [0.717, 1.165) is 0 Å². The van der Waals surface area contributed by atoms with E-state index in [1.165, 1.54) is 6.33 Å².